The van der Waals surface area contributed by atoms with Crippen molar-refractivity contribution < 1.29 is 9.53 Å². The summed E-state index contributed by atoms with van der Waals surface area (Å²) >= 11 is 0. The number of hydrogen-bond donors (Lipinski definition) is 1. The second kappa shape index (κ2) is 5.63. The van der Waals surface area contributed by atoms with Crippen molar-refractivity contribution in [1.82, 2.24) is 14.9 Å². The molecule has 106 valence electrons. The van der Waals surface area contributed by atoms with Crippen LogP contribution in [-0.4, -0.2) is 47.1 Å². The first kappa shape index (κ1) is 13.1. The zero-order valence-electron chi connectivity index (χ0n) is 11.7. The fourth-order valence-electron chi connectivity index (χ4n) is 2.49. The Hall–Kier alpha value is -1.88. The number of rotatable bonds is 3. The molecule has 0 saturated carbocycles. The summed E-state index contributed by atoms with van der Waals surface area (Å²) in [6, 6.07) is 5.99. The van der Waals surface area contributed by atoms with E-state index in [1.807, 2.05) is 23.1 Å². The maximum Gasteiger partial charge on any atom is 0.227 e. The Morgan fingerprint density at radius 3 is 2.95 bits per heavy atom. The van der Waals surface area contributed by atoms with Crippen LogP contribution in [0.4, 0.5) is 0 Å². The summed E-state index contributed by atoms with van der Waals surface area (Å²) in [6.07, 6.45) is 1.33. The van der Waals surface area contributed by atoms with Crippen LogP contribution < -0.4 is 0 Å². The number of aromatic amines is 1. The van der Waals surface area contributed by atoms with Crippen molar-refractivity contribution in [3.8, 4) is 0 Å². The Morgan fingerprint density at radius 1 is 1.40 bits per heavy atom. The van der Waals surface area contributed by atoms with Crippen molar-refractivity contribution in [2.24, 2.45) is 0 Å². The number of nitrogens with zero attached hydrogens (tertiary/aromatic N) is 2. The summed E-state index contributed by atoms with van der Waals surface area (Å²) < 4.78 is 5.27. The Labute approximate surface area is 117 Å². The number of aryl methyl sites for hydroxylation is 1. The van der Waals surface area contributed by atoms with E-state index in [-0.39, 0.29) is 5.91 Å². The zero-order valence-corrected chi connectivity index (χ0v) is 11.7. The van der Waals surface area contributed by atoms with Crippen LogP contribution in [0.1, 0.15) is 18.3 Å². The molecular formula is C15H19N3O2. The number of carbonyl (C=O) groups is 1. The third kappa shape index (κ3) is 2.67. The van der Waals surface area contributed by atoms with Gasteiger partial charge in [-0.05, 0) is 17.7 Å². The fourth-order valence-corrected chi connectivity index (χ4v) is 2.49. The lowest BCUT2D eigenvalue weighted by Gasteiger charge is -2.26. The first-order chi connectivity index (χ1) is 9.76. The lowest BCUT2D eigenvalue weighted by atomic mass is 10.1. The highest BCUT2D eigenvalue weighted by atomic mass is 16.5. The third-order valence-electron chi connectivity index (χ3n) is 3.65. The summed E-state index contributed by atoms with van der Waals surface area (Å²) in [6.45, 7) is 4.76. The van der Waals surface area contributed by atoms with Crippen molar-refractivity contribution in [2.75, 3.05) is 26.3 Å². The van der Waals surface area contributed by atoms with Gasteiger partial charge >= 0.3 is 0 Å². The number of nitrogens with one attached hydrogen (secondary N) is 1. The highest BCUT2D eigenvalue weighted by molar-refractivity contribution is 5.82. The van der Waals surface area contributed by atoms with E-state index in [2.05, 4.69) is 16.9 Å². The first-order valence-corrected chi connectivity index (χ1v) is 7.09. The fraction of sp³-hybridized carbons (Fsp3) is 0.467. The highest BCUT2D eigenvalue weighted by Gasteiger charge is 2.17. The second-order valence-electron chi connectivity index (χ2n) is 5.06. The number of ether oxygens (including phenoxy) is 1. The molecule has 1 saturated heterocycles. The minimum absolute atomic E-state index is 0.169. The minimum Gasteiger partial charge on any atom is -0.378 e. The highest BCUT2D eigenvalue weighted by Crippen LogP contribution is 2.15. The molecule has 1 fully saturated rings. The van der Waals surface area contributed by atoms with Crippen LogP contribution in [0.5, 0.6) is 0 Å². The zero-order chi connectivity index (χ0) is 13.9. The van der Waals surface area contributed by atoms with E-state index in [4.69, 9.17) is 4.74 Å². The maximum atomic E-state index is 12.2. The molecule has 0 bridgehead atoms. The van der Waals surface area contributed by atoms with Crippen LogP contribution in [0.3, 0.4) is 0 Å². The van der Waals surface area contributed by atoms with E-state index in [0.717, 1.165) is 28.8 Å². The number of H-pyrrole nitrogens is 1. The van der Waals surface area contributed by atoms with Crippen LogP contribution in [0, 0.1) is 0 Å². The molecule has 1 aliphatic heterocycles. The van der Waals surface area contributed by atoms with Crippen LogP contribution in [0.25, 0.3) is 11.0 Å². The van der Waals surface area contributed by atoms with Gasteiger partial charge in [0.1, 0.15) is 5.82 Å². The number of amides is 1. The van der Waals surface area contributed by atoms with Crippen LogP contribution in [-0.2, 0) is 22.4 Å². The molecule has 1 aromatic carbocycles. The average molecular weight is 273 g/mol. The SMILES string of the molecule is CCc1nc2ccc(CC(=O)N3CCOCC3)cc2[nH]1. The van der Waals surface area contributed by atoms with Crippen molar-refractivity contribution in [3.05, 3.63) is 29.6 Å². The van der Waals surface area contributed by atoms with Crippen molar-refractivity contribution in [3.63, 3.8) is 0 Å². The number of aromatic nitrogens is 2. The van der Waals surface area contributed by atoms with Gasteiger partial charge in [-0.15, -0.1) is 0 Å². The molecule has 0 spiro atoms. The monoisotopic (exact) mass is 273 g/mol. The molecule has 0 unspecified atom stereocenters. The lowest BCUT2D eigenvalue weighted by molar-refractivity contribution is -0.134. The number of imidazole rings is 1. The molecule has 3 rings (SSSR count). The van der Waals surface area contributed by atoms with Gasteiger partial charge in [-0.25, -0.2) is 4.98 Å². The van der Waals surface area contributed by atoms with Gasteiger partial charge in [-0.2, -0.15) is 0 Å². The molecule has 5 heteroatoms. The standard InChI is InChI=1S/C15H19N3O2/c1-2-14-16-12-4-3-11(9-13(12)17-14)10-15(19)18-5-7-20-8-6-18/h3-4,9H,2,5-8,10H2,1H3,(H,16,17). The molecule has 1 aromatic heterocycles. The number of morpholine rings is 1. The topological polar surface area (TPSA) is 58.2 Å². The summed E-state index contributed by atoms with van der Waals surface area (Å²) in [5.41, 5.74) is 3.00. The largest absolute Gasteiger partial charge is 0.378 e. The van der Waals surface area contributed by atoms with Gasteiger partial charge in [0.2, 0.25) is 5.91 Å². The second-order valence-corrected chi connectivity index (χ2v) is 5.06. The van der Waals surface area contributed by atoms with Gasteiger partial charge in [-0.1, -0.05) is 13.0 Å². The van der Waals surface area contributed by atoms with E-state index >= 15 is 0 Å². The predicted octanol–water partition coefficient (Wildman–Crippen LogP) is 1.53. The number of fused-ring (bicyclic) bond motifs is 1. The van der Waals surface area contributed by atoms with Crippen molar-refractivity contribution in [1.29, 1.82) is 0 Å². The quantitative estimate of drug-likeness (QED) is 0.922. The molecule has 1 N–H and O–H groups in total. The number of carbonyl (C=O) groups excluding carboxylic acids is 1. The minimum atomic E-state index is 0.169. The van der Waals surface area contributed by atoms with Gasteiger partial charge in [0, 0.05) is 19.5 Å². The van der Waals surface area contributed by atoms with Gasteiger partial charge < -0.3 is 14.6 Å². The van der Waals surface area contributed by atoms with E-state index in [1.165, 1.54) is 0 Å². The number of benzene rings is 1. The molecular weight excluding hydrogens is 254 g/mol. The summed E-state index contributed by atoms with van der Waals surface area (Å²) in [7, 11) is 0. The summed E-state index contributed by atoms with van der Waals surface area (Å²) in [4.78, 5) is 21.8. The molecule has 1 amide bonds. The molecule has 2 aromatic rings. The van der Waals surface area contributed by atoms with E-state index in [9.17, 15) is 4.79 Å². The van der Waals surface area contributed by atoms with Crippen molar-refractivity contribution >= 4 is 16.9 Å². The molecule has 5 nitrogen and oxygen atoms in total. The Morgan fingerprint density at radius 2 is 2.20 bits per heavy atom. The molecule has 2 heterocycles. The van der Waals surface area contributed by atoms with E-state index in [1.54, 1.807) is 0 Å². The van der Waals surface area contributed by atoms with Gasteiger partial charge in [0.25, 0.3) is 0 Å². The molecule has 0 aliphatic carbocycles. The third-order valence-corrected chi connectivity index (χ3v) is 3.65. The predicted molar refractivity (Wildman–Crippen MR) is 76.6 cm³/mol. The van der Waals surface area contributed by atoms with Crippen LogP contribution in [0.15, 0.2) is 18.2 Å². The van der Waals surface area contributed by atoms with Crippen LogP contribution >= 0.6 is 0 Å². The summed E-state index contributed by atoms with van der Waals surface area (Å²) in [5.74, 6) is 1.15. The van der Waals surface area contributed by atoms with Gasteiger partial charge in [0.15, 0.2) is 0 Å². The van der Waals surface area contributed by atoms with Gasteiger partial charge in [0.05, 0.1) is 30.7 Å². The lowest BCUT2D eigenvalue weighted by Crippen LogP contribution is -2.41. The molecule has 0 atom stereocenters. The normalized spacial score (nSPS) is 15.8. The molecule has 1 aliphatic rings. The average Bonchev–Trinajstić information content (AvgIpc) is 2.90. The van der Waals surface area contributed by atoms with E-state index in [0.29, 0.717) is 32.7 Å². The Balaban J connectivity index is 1.74. The van der Waals surface area contributed by atoms with Gasteiger partial charge in [-0.3, -0.25) is 4.79 Å². The van der Waals surface area contributed by atoms with Crippen molar-refractivity contribution in [2.45, 2.75) is 19.8 Å². The molecule has 0 radical (unpaired) electrons. The number of hydrogen-bond acceptors (Lipinski definition) is 3. The Bertz CT molecular complexity index is 615. The van der Waals surface area contributed by atoms with E-state index < -0.39 is 0 Å². The first-order valence-electron chi connectivity index (χ1n) is 7.09. The smallest absolute Gasteiger partial charge is 0.227 e. The van der Waals surface area contributed by atoms with Crippen LogP contribution in [0.2, 0.25) is 0 Å². The summed E-state index contributed by atoms with van der Waals surface area (Å²) in [5, 5.41) is 0. The maximum absolute atomic E-state index is 12.2. The molecule has 20 heavy (non-hydrogen) atoms. The Kier molecular flexibility index (Phi) is 3.69.